The minimum Gasteiger partial charge on any atom is -0.494 e. The van der Waals surface area contributed by atoms with E-state index in [-0.39, 0.29) is 30.7 Å². The number of carboxylic acids is 1. The number of benzene rings is 4. The summed E-state index contributed by atoms with van der Waals surface area (Å²) in [5.41, 5.74) is 16.3. The highest BCUT2D eigenvalue weighted by atomic mass is 19.1. The minimum absolute atomic E-state index is 0.0562. The average Bonchev–Trinajstić information content (AvgIpc) is 1.49. The van der Waals surface area contributed by atoms with Crippen molar-refractivity contribution in [2.45, 2.75) is 186 Å². The fourth-order valence-electron chi connectivity index (χ4n) is 12.6. The van der Waals surface area contributed by atoms with Crippen molar-refractivity contribution in [3.8, 4) is 16.9 Å². The molecule has 4 aromatic carbocycles. The largest absolute Gasteiger partial charge is 0.494 e. The number of ether oxygens (including phenoxy) is 1. The Morgan fingerprint density at radius 2 is 1.40 bits per heavy atom. The number of amides is 10. The maximum Gasteiger partial charge on any atom is 0.305 e. The van der Waals surface area contributed by atoms with Crippen molar-refractivity contribution in [2.24, 2.45) is 17.4 Å². The van der Waals surface area contributed by atoms with Crippen LogP contribution in [0, 0.1) is 25.6 Å². The standard InChI is InChI=1S/C75H101FN18O15/c1-8-49-34-54(109-29-12-11-26-77)22-23-55(49)50-20-18-47(19-21-50)33-58(70(104)83-57(66(78)100)17-13-14-48-31-42(2)30-43(3)32-48)86-71(105)60(36-63(98)99)84-67(101)44(4)82-72(106)64(45(5)95)88-74(108)75(7,37-51-15-9-10-16-56(51)76)89-73(107)65(46(6)96)87-62(97)39-80-69(103)59(35-61-90-92-93-91-61)85-68(102)52-24-27-94(40-52)28-25-53-38-79-41-81-53/h9-10,15-16,18-23,30-32,34,38,41,44-46,52,57-60,64-65,95-96H,8,11-14,17,24-29,33,35-37,39-40,77H2,1-7H3,(H2,78,100)(H,79,81)(H,80,103)(H,82,106)(H,83,104)(H,84,101)(H,85,102)(H,86,105)(H,87,97)(H,88,108)(H,89,107)(H,98,99)(H,90,91,92,93)/t44-,45+,46+,52+,57-,58-,59-,60-,64-,65-,75-/m0/s1. The first-order valence-corrected chi connectivity index (χ1v) is 36.3. The Kier molecular flexibility index (Phi) is 32.3. The molecule has 2 aromatic heterocycles. The van der Waals surface area contributed by atoms with Gasteiger partial charge in [0.25, 0.3) is 0 Å². The summed E-state index contributed by atoms with van der Waals surface area (Å²) >= 11 is 0. The average molecular weight is 1510 g/mol. The number of hydrogen-bond donors (Lipinski definition) is 16. The van der Waals surface area contributed by atoms with Crippen LogP contribution in [-0.2, 0) is 91.3 Å². The van der Waals surface area contributed by atoms with Crippen LogP contribution in [0.1, 0.15) is 118 Å². The van der Waals surface area contributed by atoms with E-state index in [9.17, 15) is 68.1 Å². The molecule has 0 saturated carbocycles. The topological polar surface area (TPSA) is 504 Å². The number of halogens is 1. The van der Waals surface area contributed by atoms with E-state index in [2.05, 4.69) is 83.3 Å². The zero-order valence-corrected chi connectivity index (χ0v) is 62.2. The number of carboxylic acid groups (broad SMARTS) is 1. The maximum atomic E-state index is 15.5. The second-order valence-electron chi connectivity index (χ2n) is 27.7. The van der Waals surface area contributed by atoms with Crippen LogP contribution in [0.3, 0.4) is 0 Å². The number of aliphatic hydroxyl groups excluding tert-OH is 2. The number of carbonyl (C=O) groups is 11. The first kappa shape index (κ1) is 85.2. The Hall–Kier alpha value is -11.1. The van der Waals surface area contributed by atoms with Crippen molar-refractivity contribution < 1.29 is 77.2 Å². The quantitative estimate of drug-likeness (QED) is 0.0220. The van der Waals surface area contributed by atoms with Gasteiger partial charge in [-0.1, -0.05) is 90.0 Å². The van der Waals surface area contributed by atoms with Gasteiger partial charge in [-0.25, -0.2) is 9.37 Å². The Balaban J connectivity index is 1.02. The fourth-order valence-corrected chi connectivity index (χ4v) is 12.6. The molecule has 1 aliphatic rings. The summed E-state index contributed by atoms with van der Waals surface area (Å²) < 4.78 is 21.5. The lowest BCUT2D eigenvalue weighted by atomic mass is 9.90. The van der Waals surface area contributed by atoms with Gasteiger partial charge in [0.2, 0.25) is 59.1 Å². The van der Waals surface area contributed by atoms with Gasteiger partial charge in [-0.05, 0) is 151 Å². The van der Waals surface area contributed by atoms with Gasteiger partial charge in [0.1, 0.15) is 59.4 Å². The summed E-state index contributed by atoms with van der Waals surface area (Å²) in [5.74, 6) is -12.3. The number of aryl methyl sites for hydroxylation is 4. The van der Waals surface area contributed by atoms with Crippen molar-refractivity contribution in [3.05, 3.63) is 148 Å². The number of aliphatic carboxylic acids is 1. The molecule has 11 atom stereocenters. The second-order valence-corrected chi connectivity index (χ2v) is 27.7. The monoisotopic (exact) mass is 1510 g/mol. The third kappa shape index (κ3) is 26.4. The van der Waals surface area contributed by atoms with Crippen molar-refractivity contribution in [3.63, 3.8) is 0 Å². The fraction of sp³-hybridized carbons (Fsp3) is 0.480. The third-order valence-electron chi connectivity index (χ3n) is 18.6. The molecular formula is C75H101FN18O15. The predicted octanol–water partition coefficient (Wildman–Crippen LogP) is -0.233. The van der Waals surface area contributed by atoms with Crippen molar-refractivity contribution in [1.82, 2.24) is 83.3 Å². The van der Waals surface area contributed by atoms with Gasteiger partial charge in [-0.15, -0.1) is 10.2 Å². The van der Waals surface area contributed by atoms with Gasteiger partial charge >= 0.3 is 5.97 Å². The molecule has 0 unspecified atom stereocenters. The summed E-state index contributed by atoms with van der Waals surface area (Å²) in [4.78, 5) is 162. The molecular weight excluding hydrogens is 1410 g/mol. The van der Waals surface area contributed by atoms with Crippen LogP contribution < -0.4 is 64.1 Å². The third-order valence-corrected chi connectivity index (χ3v) is 18.6. The van der Waals surface area contributed by atoms with Crippen molar-refractivity contribution in [1.29, 1.82) is 0 Å². The molecule has 1 saturated heterocycles. The van der Waals surface area contributed by atoms with Crippen LogP contribution >= 0.6 is 0 Å². The van der Waals surface area contributed by atoms with Crippen molar-refractivity contribution in [2.75, 3.05) is 39.3 Å². The number of nitrogens with zero attached hydrogens (tertiary/aromatic N) is 5. The molecule has 1 aliphatic heterocycles. The first-order chi connectivity index (χ1) is 51.9. The summed E-state index contributed by atoms with van der Waals surface area (Å²) in [7, 11) is 0. The molecule has 18 N–H and O–H groups in total. The molecule has 34 heteroatoms. The zero-order valence-electron chi connectivity index (χ0n) is 62.2. The molecule has 1 fully saturated rings. The zero-order chi connectivity index (χ0) is 79.5. The Morgan fingerprint density at radius 3 is 2.05 bits per heavy atom. The number of aromatic amines is 2. The molecule has 6 aromatic rings. The highest BCUT2D eigenvalue weighted by molar-refractivity contribution is 6.00. The van der Waals surface area contributed by atoms with Crippen molar-refractivity contribution >= 4 is 65.0 Å². The van der Waals surface area contributed by atoms with Crippen LogP contribution in [0.15, 0.2) is 97.5 Å². The van der Waals surface area contributed by atoms with E-state index >= 15 is 4.39 Å². The molecule has 588 valence electrons. The van der Waals surface area contributed by atoms with Gasteiger partial charge in [0.05, 0.1) is 44.0 Å². The lowest BCUT2D eigenvalue weighted by Gasteiger charge is -2.34. The Morgan fingerprint density at radius 1 is 0.725 bits per heavy atom. The second kappa shape index (κ2) is 41.3. The highest BCUT2D eigenvalue weighted by Crippen LogP contribution is 2.29. The summed E-state index contributed by atoms with van der Waals surface area (Å²) in [6, 6.07) is 12.5. The van der Waals surface area contributed by atoms with Gasteiger partial charge in [0, 0.05) is 50.7 Å². The number of rotatable bonds is 43. The van der Waals surface area contributed by atoms with E-state index in [1.807, 2.05) is 69.3 Å². The lowest BCUT2D eigenvalue weighted by molar-refractivity contribution is -0.142. The SMILES string of the molecule is CCc1cc(OCCCCN)ccc1-c1ccc(C[C@H](NC(=O)[C@H](CC(=O)O)NC(=O)[C@H](C)NC(=O)[C@@H](NC(=O)[C@](C)(Cc2ccccc2F)NC(=O)[C@@H](NC(=O)CNC(=O)[C@H](Cc2nn[nH]n2)NC(=O)[C@@H]2CCN(CCc3cnc[nH]3)C2)[C@@H](C)O)[C@@H](C)O)C(=O)N[C@@H](CCCc2cc(C)cc(C)c2)C(N)=O)cc1. The number of likely N-dealkylation sites (tertiary alicyclic amines) is 1. The van der Waals surface area contributed by atoms with Gasteiger partial charge in [0.15, 0.2) is 5.82 Å². The first-order valence-electron chi connectivity index (χ1n) is 36.3. The van der Waals surface area contributed by atoms with Crippen LogP contribution in [0.4, 0.5) is 4.39 Å². The maximum absolute atomic E-state index is 15.5. The number of nitrogens with two attached hydrogens (primary N) is 2. The minimum atomic E-state index is -2.32. The Labute approximate surface area is 630 Å². The van der Waals surface area contributed by atoms with E-state index in [1.165, 1.54) is 18.2 Å². The molecule has 10 amide bonds. The number of H-pyrrole nitrogens is 2. The Bertz CT molecular complexity index is 4070. The number of imidazole rings is 1. The smallest absolute Gasteiger partial charge is 0.305 e. The van der Waals surface area contributed by atoms with Crippen LogP contribution in [0.2, 0.25) is 0 Å². The van der Waals surface area contributed by atoms with E-state index in [0.29, 0.717) is 76.2 Å². The molecule has 0 aliphatic carbocycles. The molecule has 7 rings (SSSR count). The molecule has 0 spiro atoms. The van der Waals surface area contributed by atoms with Crippen LogP contribution in [-0.4, -0.2) is 215 Å². The van der Waals surface area contributed by atoms with Gasteiger partial charge in [-0.2, -0.15) is 5.21 Å². The number of hydrogen-bond acceptors (Lipinski definition) is 20. The molecule has 33 nitrogen and oxygen atoms in total. The molecule has 109 heavy (non-hydrogen) atoms. The van der Waals surface area contributed by atoms with E-state index in [0.717, 1.165) is 85.7 Å². The lowest BCUT2D eigenvalue weighted by Crippen LogP contribution is -2.66. The number of primary amides is 1. The number of nitrogens with one attached hydrogen (secondary N) is 11. The van der Waals surface area contributed by atoms with Crippen LogP contribution in [0.25, 0.3) is 11.1 Å². The van der Waals surface area contributed by atoms with E-state index < -0.39 is 156 Å². The van der Waals surface area contributed by atoms with Gasteiger partial charge < -0.3 is 89.3 Å². The van der Waals surface area contributed by atoms with Crippen LogP contribution in [0.5, 0.6) is 5.75 Å². The highest BCUT2D eigenvalue weighted by Gasteiger charge is 2.43. The molecule has 0 radical (unpaired) electrons. The molecule has 0 bridgehead atoms. The molecule has 3 heterocycles. The summed E-state index contributed by atoms with van der Waals surface area (Å²) in [6.45, 7) is 12.3. The number of tetrazole rings is 1. The summed E-state index contributed by atoms with van der Waals surface area (Å²) in [5, 5.41) is 67.8. The van der Waals surface area contributed by atoms with E-state index in [4.69, 9.17) is 16.2 Å². The number of carbonyl (C=O) groups excluding carboxylic acids is 10. The van der Waals surface area contributed by atoms with E-state index in [1.54, 1.807) is 24.7 Å². The number of unbranched alkanes of at least 4 members (excludes halogenated alkanes) is 1. The van der Waals surface area contributed by atoms with Gasteiger partial charge in [-0.3, -0.25) is 52.7 Å². The number of aliphatic hydroxyl groups is 2. The number of aromatic nitrogens is 6. The normalized spacial score (nSPS) is 15.8. The summed E-state index contributed by atoms with van der Waals surface area (Å²) in [6.07, 6.45) is 2.11. The predicted molar refractivity (Wildman–Crippen MR) is 396 cm³/mol.